The lowest BCUT2D eigenvalue weighted by atomic mass is 10.0. The predicted molar refractivity (Wildman–Crippen MR) is 97.0 cm³/mol. The van der Waals surface area contributed by atoms with Crippen molar-refractivity contribution in [3.63, 3.8) is 0 Å². The highest BCUT2D eigenvalue weighted by atomic mass is 35.5. The molecule has 0 fully saturated rings. The Morgan fingerprint density at radius 1 is 1.12 bits per heavy atom. The van der Waals surface area contributed by atoms with Gasteiger partial charge >= 0.3 is 0 Å². The van der Waals surface area contributed by atoms with Gasteiger partial charge in [-0.25, -0.2) is 9.07 Å². The lowest BCUT2D eigenvalue weighted by molar-refractivity contribution is 0.102. The summed E-state index contributed by atoms with van der Waals surface area (Å²) in [5.41, 5.74) is 2.63. The molecule has 3 rings (SSSR count). The summed E-state index contributed by atoms with van der Waals surface area (Å²) in [6, 6.07) is 12.9. The summed E-state index contributed by atoms with van der Waals surface area (Å²) in [4.78, 5) is 12.6. The van der Waals surface area contributed by atoms with E-state index in [9.17, 15) is 9.18 Å². The van der Waals surface area contributed by atoms with Crippen LogP contribution in [0.3, 0.4) is 0 Å². The molecule has 25 heavy (non-hydrogen) atoms. The van der Waals surface area contributed by atoms with E-state index in [1.807, 2.05) is 26.0 Å². The van der Waals surface area contributed by atoms with Gasteiger partial charge in [-0.15, -0.1) is 0 Å². The van der Waals surface area contributed by atoms with Gasteiger partial charge in [0.15, 0.2) is 0 Å². The van der Waals surface area contributed by atoms with Crippen molar-refractivity contribution in [1.82, 2.24) is 9.78 Å². The number of rotatable bonds is 4. The van der Waals surface area contributed by atoms with E-state index in [2.05, 4.69) is 10.4 Å². The van der Waals surface area contributed by atoms with Crippen molar-refractivity contribution in [3.05, 3.63) is 76.8 Å². The lowest BCUT2D eigenvalue weighted by Gasteiger charge is -2.13. The Morgan fingerprint density at radius 2 is 1.76 bits per heavy atom. The molecule has 0 unspecified atom stereocenters. The largest absolute Gasteiger partial charge is 0.322 e. The third-order valence-corrected chi connectivity index (χ3v) is 4.02. The first-order valence-electron chi connectivity index (χ1n) is 7.86. The van der Waals surface area contributed by atoms with Crippen molar-refractivity contribution in [3.8, 4) is 5.69 Å². The molecule has 1 heterocycles. The molecule has 128 valence electrons. The van der Waals surface area contributed by atoms with Crippen LogP contribution in [0, 0.1) is 5.82 Å². The van der Waals surface area contributed by atoms with Gasteiger partial charge < -0.3 is 5.32 Å². The second-order valence-electron chi connectivity index (χ2n) is 5.95. The van der Waals surface area contributed by atoms with Crippen molar-refractivity contribution in [2.45, 2.75) is 19.8 Å². The van der Waals surface area contributed by atoms with Crippen LogP contribution in [-0.4, -0.2) is 15.7 Å². The van der Waals surface area contributed by atoms with E-state index in [1.54, 1.807) is 23.0 Å². The van der Waals surface area contributed by atoms with Gasteiger partial charge in [-0.05, 0) is 54.4 Å². The molecule has 0 atom stereocenters. The highest BCUT2D eigenvalue weighted by molar-refractivity contribution is 6.30. The van der Waals surface area contributed by atoms with Gasteiger partial charge in [0, 0.05) is 10.7 Å². The molecule has 0 saturated carbocycles. The van der Waals surface area contributed by atoms with Gasteiger partial charge in [0.05, 0.1) is 23.1 Å². The van der Waals surface area contributed by atoms with Crippen molar-refractivity contribution in [2.75, 3.05) is 5.32 Å². The number of hydrogen-bond donors (Lipinski definition) is 1. The summed E-state index contributed by atoms with van der Waals surface area (Å²) < 4.78 is 14.7. The highest BCUT2D eigenvalue weighted by Gasteiger charge is 2.21. The van der Waals surface area contributed by atoms with Gasteiger partial charge in [-0.3, -0.25) is 4.79 Å². The van der Waals surface area contributed by atoms with Gasteiger partial charge in [0.25, 0.3) is 5.91 Å². The molecule has 1 aromatic heterocycles. The molecule has 4 nitrogen and oxygen atoms in total. The Bertz CT molecular complexity index is 886. The van der Waals surface area contributed by atoms with Crippen LogP contribution in [0.15, 0.2) is 54.7 Å². The predicted octanol–water partition coefficient (Wildman–Crippen LogP) is 5.04. The van der Waals surface area contributed by atoms with Crippen molar-refractivity contribution < 1.29 is 9.18 Å². The fourth-order valence-electron chi connectivity index (χ4n) is 2.61. The van der Waals surface area contributed by atoms with E-state index in [4.69, 9.17) is 11.6 Å². The first kappa shape index (κ1) is 17.2. The van der Waals surface area contributed by atoms with Crippen molar-refractivity contribution >= 4 is 23.2 Å². The molecule has 0 spiro atoms. The molecule has 0 aliphatic rings. The Morgan fingerprint density at radius 3 is 2.36 bits per heavy atom. The van der Waals surface area contributed by atoms with Crippen LogP contribution in [0.1, 0.15) is 35.8 Å². The normalized spacial score (nSPS) is 10.9. The molecular weight excluding hydrogens is 341 g/mol. The minimum Gasteiger partial charge on any atom is -0.322 e. The number of benzene rings is 2. The fourth-order valence-corrected chi connectivity index (χ4v) is 2.73. The van der Waals surface area contributed by atoms with Crippen LogP contribution in [0.2, 0.25) is 5.02 Å². The number of nitrogens with zero attached hydrogens (tertiary/aromatic N) is 2. The minimum atomic E-state index is -0.351. The maximum Gasteiger partial charge on any atom is 0.259 e. The molecule has 0 saturated heterocycles. The molecule has 0 radical (unpaired) electrons. The lowest BCUT2D eigenvalue weighted by Crippen LogP contribution is -2.15. The third-order valence-electron chi connectivity index (χ3n) is 3.77. The number of anilines is 1. The second-order valence-corrected chi connectivity index (χ2v) is 6.38. The van der Waals surface area contributed by atoms with Crippen LogP contribution in [-0.2, 0) is 0 Å². The maximum absolute atomic E-state index is 13.0. The molecule has 1 N–H and O–H groups in total. The van der Waals surface area contributed by atoms with Gasteiger partial charge in [0.1, 0.15) is 5.82 Å². The van der Waals surface area contributed by atoms with Crippen LogP contribution < -0.4 is 5.32 Å². The van der Waals surface area contributed by atoms with E-state index in [0.29, 0.717) is 16.3 Å². The zero-order valence-corrected chi connectivity index (χ0v) is 14.6. The zero-order valence-electron chi connectivity index (χ0n) is 13.8. The smallest absolute Gasteiger partial charge is 0.259 e. The molecule has 0 aliphatic heterocycles. The first-order valence-corrected chi connectivity index (χ1v) is 8.24. The minimum absolute atomic E-state index is 0.0761. The highest BCUT2D eigenvalue weighted by Crippen LogP contribution is 2.24. The Kier molecular flexibility index (Phi) is 4.86. The zero-order chi connectivity index (χ0) is 18.0. The number of amides is 1. The van der Waals surface area contributed by atoms with Gasteiger partial charge in [0.2, 0.25) is 0 Å². The standard InChI is InChI=1S/C19H17ClFN3O/c1-12(2)18-17(19(25)23-15-7-5-14(21)6-8-15)11-22-24(18)16-9-3-13(20)4-10-16/h3-12H,1-2H3,(H,23,25). The molecule has 2 aromatic carbocycles. The number of hydrogen-bond acceptors (Lipinski definition) is 2. The summed E-state index contributed by atoms with van der Waals surface area (Å²) in [5, 5.41) is 7.78. The number of nitrogens with one attached hydrogen (secondary N) is 1. The number of halogens is 2. The molecule has 1 amide bonds. The molecule has 3 aromatic rings. The Balaban J connectivity index is 1.94. The fraction of sp³-hybridized carbons (Fsp3) is 0.158. The molecular formula is C19H17ClFN3O. The van der Waals surface area contributed by atoms with Gasteiger partial charge in [-0.1, -0.05) is 25.4 Å². The van der Waals surface area contributed by atoms with Crippen molar-refractivity contribution in [1.29, 1.82) is 0 Å². The summed E-state index contributed by atoms with van der Waals surface area (Å²) in [6.07, 6.45) is 1.54. The summed E-state index contributed by atoms with van der Waals surface area (Å²) >= 11 is 5.94. The average molecular weight is 358 g/mol. The van der Waals surface area contributed by atoms with E-state index in [0.717, 1.165) is 11.4 Å². The SMILES string of the molecule is CC(C)c1c(C(=O)Nc2ccc(F)cc2)cnn1-c1ccc(Cl)cc1. The molecule has 0 bridgehead atoms. The summed E-state index contributed by atoms with van der Waals surface area (Å²) in [5.74, 6) is -0.556. The quantitative estimate of drug-likeness (QED) is 0.711. The number of carbonyl (C=O) groups excluding carboxylic acids is 1. The van der Waals surface area contributed by atoms with Gasteiger partial charge in [-0.2, -0.15) is 5.10 Å². The maximum atomic E-state index is 13.0. The van der Waals surface area contributed by atoms with E-state index in [1.165, 1.54) is 24.3 Å². The Labute approximate surface area is 150 Å². The monoisotopic (exact) mass is 357 g/mol. The first-order chi connectivity index (χ1) is 12.0. The topological polar surface area (TPSA) is 46.9 Å². The average Bonchev–Trinajstić information content (AvgIpc) is 3.03. The molecule has 0 aliphatic carbocycles. The van der Waals surface area contributed by atoms with Crippen LogP contribution in [0.5, 0.6) is 0 Å². The van der Waals surface area contributed by atoms with E-state index >= 15 is 0 Å². The number of aromatic nitrogens is 2. The number of carbonyl (C=O) groups is 1. The van der Waals surface area contributed by atoms with E-state index < -0.39 is 0 Å². The van der Waals surface area contributed by atoms with Crippen molar-refractivity contribution in [2.24, 2.45) is 0 Å². The second kappa shape index (κ2) is 7.07. The summed E-state index contributed by atoms with van der Waals surface area (Å²) in [6.45, 7) is 4.00. The Hall–Kier alpha value is -2.66. The molecule has 6 heteroatoms. The van der Waals surface area contributed by atoms with Crippen LogP contribution >= 0.6 is 11.6 Å². The third kappa shape index (κ3) is 3.72. The van der Waals surface area contributed by atoms with E-state index in [-0.39, 0.29) is 17.6 Å². The summed E-state index contributed by atoms with van der Waals surface area (Å²) in [7, 11) is 0. The van der Waals surface area contributed by atoms with Crippen LogP contribution in [0.4, 0.5) is 10.1 Å². The van der Waals surface area contributed by atoms with Crippen LogP contribution in [0.25, 0.3) is 5.69 Å².